The SMILES string of the molecule is CNC1CCC(N(C)C(=O)OC)CC1. The third-order valence-corrected chi connectivity index (χ3v) is 3.12. The van der Waals surface area contributed by atoms with Crippen LogP contribution in [0, 0.1) is 0 Å². The molecule has 0 unspecified atom stereocenters. The Hall–Kier alpha value is -0.770. The van der Waals surface area contributed by atoms with E-state index in [1.54, 1.807) is 4.90 Å². The van der Waals surface area contributed by atoms with Crippen molar-refractivity contribution in [1.29, 1.82) is 0 Å². The Morgan fingerprint density at radius 2 is 1.93 bits per heavy atom. The number of methoxy groups -OCH3 is 1. The molecule has 0 bridgehead atoms. The van der Waals surface area contributed by atoms with Crippen LogP contribution >= 0.6 is 0 Å². The van der Waals surface area contributed by atoms with Gasteiger partial charge in [0.05, 0.1) is 7.11 Å². The summed E-state index contributed by atoms with van der Waals surface area (Å²) in [4.78, 5) is 13.0. The molecular weight excluding hydrogens is 180 g/mol. The van der Waals surface area contributed by atoms with Gasteiger partial charge in [0.1, 0.15) is 0 Å². The van der Waals surface area contributed by atoms with Gasteiger partial charge in [0.15, 0.2) is 0 Å². The summed E-state index contributed by atoms with van der Waals surface area (Å²) in [6, 6.07) is 0.976. The highest BCUT2D eigenvalue weighted by molar-refractivity contribution is 5.67. The molecule has 0 saturated heterocycles. The number of nitrogens with one attached hydrogen (secondary N) is 1. The number of hydrogen-bond acceptors (Lipinski definition) is 3. The topological polar surface area (TPSA) is 41.6 Å². The van der Waals surface area contributed by atoms with Crippen LogP contribution in [0.15, 0.2) is 0 Å². The summed E-state index contributed by atoms with van der Waals surface area (Å²) >= 11 is 0. The van der Waals surface area contributed by atoms with Gasteiger partial charge in [-0.25, -0.2) is 4.79 Å². The zero-order valence-corrected chi connectivity index (χ0v) is 9.25. The van der Waals surface area contributed by atoms with Crippen molar-refractivity contribution in [3.8, 4) is 0 Å². The maximum absolute atomic E-state index is 11.3. The number of hydrogen-bond donors (Lipinski definition) is 1. The summed E-state index contributed by atoms with van der Waals surface area (Å²) in [5.41, 5.74) is 0. The maximum atomic E-state index is 11.3. The number of carbonyl (C=O) groups excluding carboxylic acids is 1. The first-order valence-electron chi connectivity index (χ1n) is 5.17. The van der Waals surface area contributed by atoms with Crippen LogP contribution in [0.2, 0.25) is 0 Å². The van der Waals surface area contributed by atoms with Gasteiger partial charge in [-0.3, -0.25) is 0 Å². The van der Waals surface area contributed by atoms with Crippen LogP contribution in [-0.2, 0) is 4.74 Å². The lowest BCUT2D eigenvalue weighted by atomic mass is 9.91. The highest BCUT2D eigenvalue weighted by Crippen LogP contribution is 2.22. The standard InChI is InChI=1S/C10H20N2O2/c1-11-8-4-6-9(7-5-8)12(2)10(13)14-3/h8-9,11H,4-7H2,1-3H3. The summed E-state index contributed by atoms with van der Waals surface area (Å²) < 4.78 is 4.69. The summed E-state index contributed by atoms with van der Waals surface area (Å²) in [5.74, 6) is 0. The van der Waals surface area contributed by atoms with Gasteiger partial charge in [0, 0.05) is 19.1 Å². The van der Waals surface area contributed by atoms with E-state index >= 15 is 0 Å². The minimum absolute atomic E-state index is 0.224. The molecule has 1 amide bonds. The van der Waals surface area contributed by atoms with E-state index in [9.17, 15) is 4.79 Å². The van der Waals surface area contributed by atoms with Gasteiger partial charge < -0.3 is 15.0 Å². The molecule has 4 nitrogen and oxygen atoms in total. The van der Waals surface area contributed by atoms with E-state index in [2.05, 4.69) is 10.1 Å². The molecule has 1 saturated carbocycles. The van der Waals surface area contributed by atoms with Crippen LogP contribution in [0.3, 0.4) is 0 Å². The highest BCUT2D eigenvalue weighted by atomic mass is 16.5. The smallest absolute Gasteiger partial charge is 0.409 e. The number of carbonyl (C=O) groups is 1. The first-order chi connectivity index (χ1) is 6.69. The fourth-order valence-electron chi connectivity index (χ4n) is 2.04. The molecular formula is C10H20N2O2. The number of amides is 1. The predicted molar refractivity (Wildman–Crippen MR) is 55.3 cm³/mol. The zero-order chi connectivity index (χ0) is 10.6. The van der Waals surface area contributed by atoms with E-state index < -0.39 is 0 Å². The Kier molecular flexibility index (Phi) is 4.20. The van der Waals surface area contributed by atoms with Crippen LogP contribution in [0.5, 0.6) is 0 Å². The molecule has 82 valence electrons. The molecule has 0 aromatic heterocycles. The minimum atomic E-state index is -0.224. The first-order valence-corrected chi connectivity index (χ1v) is 5.17. The number of nitrogens with zero attached hydrogens (tertiary/aromatic N) is 1. The van der Waals surface area contributed by atoms with Crippen molar-refractivity contribution in [2.75, 3.05) is 21.2 Å². The Morgan fingerprint density at radius 1 is 1.36 bits per heavy atom. The van der Waals surface area contributed by atoms with Gasteiger partial charge in [0.2, 0.25) is 0 Å². The van der Waals surface area contributed by atoms with Crippen molar-refractivity contribution in [1.82, 2.24) is 10.2 Å². The predicted octanol–water partition coefficient (Wildman–Crippen LogP) is 1.22. The minimum Gasteiger partial charge on any atom is -0.453 e. The average Bonchev–Trinajstić information content (AvgIpc) is 2.27. The van der Waals surface area contributed by atoms with Crippen molar-refractivity contribution >= 4 is 6.09 Å². The molecule has 4 heteroatoms. The zero-order valence-electron chi connectivity index (χ0n) is 9.25. The molecule has 0 atom stereocenters. The van der Waals surface area contributed by atoms with Crippen molar-refractivity contribution in [2.45, 2.75) is 37.8 Å². The van der Waals surface area contributed by atoms with Crippen LogP contribution in [-0.4, -0.2) is 44.3 Å². The van der Waals surface area contributed by atoms with Crippen LogP contribution in [0.1, 0.15) is 25.7 Å². The molecule has 1 N–H and O–H groups in total. The summed E-state index contributed by atoms with van der Waals surface area (Å²) in [6.45, 7) is 0. The summed E-state index contributed by atoms with van der Waals surface area (Å²) in [5, 5.41) is 3.27. The quantitative estimate of drug-likeness (QED) is 0.728. The Labute approximate surface area is 85.6 Å². The molecule has 0 radical (unpaired) electrons. The third kappa shape index (κ3) is 2.61. The van der Waals surface area contributed by atoms with Crippen molar-refractivity contribution < 1.29 is 9.53 Å². The Balaban J connectivity index is 2.37. The van der Waals surface area contributed by atoms with Crippen molar-refractivity contribution in [2.24, 2.45) is 0 Å². The molecule has 0 aromatic rings. The van der Waals surface area contributed by atoms with E-state index in [1.807, 2.05) is 14.1 Å². The molecule has 1 aliphatic rings. The lowest BCUT2D eigenvalue weighted by molar-refractivity contribution is 0.104. The maximum Gasteiger partial charge on any atom is 0.409 e. The molecule has 0 aliphatic heterocycles. The van der Waals surface area contributed by atoms with Crippen molar-refractivity contribution in [3.63, 3.8) is 0 Å². The largest absolute Gasteiger partial charge is 0.453 e. The second-order valence-corrected chi connectivity index (χ2v) is 3.88. The average molecular weight is 200 g/mol. The lowest BCUT2D eigenvalue weighted by Crippen LogP contribution is -2.42. The van der Waals surface area contributed by atoms with E-state index in [0.29, 0.717) is 12.1 Å². The first kappa shape index (κ1) is 11.3. The highest BCUT2D eigenvalue weighted by Gasteiger charge is 2.25. The van der Waals surface area contributed by atoms with Gasteiger partial charge in [0.25, 0.3) is 0 Å². The van der Waals surface area contributed by atoms with Crippen molar-refractivity contribution in [3.05, 3.63) is 0 Å². The van der Waals surface area contributed by atoms with E-state index in [0.717, 1.165) is 25.7 Å². The van der Waals surface area contributed by atoms with Gasteiger partial charge in [-0.1, -0.05) is 0 Å². The van der Waals surface area contributed by atoms with Crippen LogP contribution in [0.4, 0.5) is 4.79 Å². The third-order valence-electron chi connectivity index (χ3n) is 3.12. The molecule has 1 aliphatic carbocycles. The van der Waals surface area contributed by atoms with Gasteiger partial charge in [-0.2, -0.15) is 0 Å². The summed E-state index contributed by atoms with van der Waals surface area (Å²) in [7, 11) is 5.24. The Bertz CT molecular complexity index is 189. The fourth-order valence-corrected chi connectivity index (χ4v) is 2.04. The fraction of sp³-hybridized carbons (Fsp3) is 0.900. The second kappa shape index (κ2) is 5.20. The molecule has 0 heterocycles. The number of rotatable bonds is 2. The van der Waals surface area contributed by atoms with Gasteiger partial charge in [-0.05, 0) is 32.7 Å². The molecule has 1 fully saturated rings. The normalized spacial score (nSPS) is 27.1. The van der Waals surface area contributed by atoms with Gasteiger partial charge >= 0.3 is 6.09 Å². The van der Waals surface area contributed by atoms with E-state index in [1.165, 1.54) is 7.11 Å². The number of ether oxygens (including phenoxy) is 1. The second-order valence-electron chi connectivity index (χ2n) is 3.88. The van der Waals surface area contributed by atoms with E-state index in [4.69, 9.17) is 0 Å². The van der Waals surface area contributed by atoms with E-state index in [-0.39, 0.29) is 6.09 Å². The summed E-state index contributed by atoms with van der Waals surface area (Å²) in [6.07, 6.45) is 4.19. The molecule has 1 rings (SSSR count). The van der Waals surface area contributed by atoms with Gasteiger partial charge in [-0.15, -0.1) is 0 Å². The Morgan fingerprint density at radius 3 is 2.36 bits per heavy atom. The molecule has 0 spiro atoms. The monoisotopic (exact) mass is 200 g/mol. The molecule has 14 heavy (non-hydrogen) atoms. The molecule has 0 aromatic carbocycles. The van der Waals surface area contributed by atoms with Crippen LogP contribution < -0.4 is 5.32 Å². The lowest BCUT2D eigenvalue weighted by Gasteiger charge is -2.33. The van der Waals surface area contributed by atoms with Crippen LogP contribution in [0.25, 0.3) is 0 Å².